The molecule has 0 aliphatic heterocycles. The molecule has 5 nitrogen and oxygen atoms in total. The van der Waals surface area contributed by atoms with Gasteiger partial charge in [-0.1, -0.05) is 18.2 Å². The summed E-state index contributed by atoms with van der Waals surface area (Å²) < 4.78 is 7.84. The van der Waals surface area contributed by atoms with Gasteiger partial charge in [0.05, 0.1) is 5.69 Å². The minimum absolute atomic E-state index is 0.138. The molecule has 0 fully saturated rings. The Morgan fingerprint density at radius 3 is 2.52 bits per heavy atom. The van der Waals surface area contributed by atoms with Crippen molar-refractivity contribution in [2.24, 2.45) is 0 Å². The zero-order valence-corrected chi connectivity index (χ0v) is 16.8. The van der Waals surface area contributed by atoms with E-state index in [1.807, 2.05) is 67.9 Å². The summed E-state index contributed by atoms with van der Waals surface area (Å²) in [4.78, 5) is 17.1. The van der Waals surface area contributed by atoms with E-state index in [9.17, 15) is 4.79 Å². The summed E-state index contributed by atoms with van der Waals surface area (Å²) in [6.45, 7) is 6.44. The second kappa shape index (κ2) is 7.80. The summed E-state index contributed by atoms with van der Waals surface area (Å²) in [7, 11) is 0. The Kier molecular flexibility index (Phi) is 5.04. The maximum atomic E-state index is 12.5. The SMILES string of the molecule is Cc1cccc(NC(=O)c2ccc(OCc3cn4cccc(C)c4n3)cc2)c1C. The highest BCUT2D eigenvalue weighted by atomic mass is 16.5. The molecule has 0 saturated carbocycles. The highest BCUT2D eigenvalue weighted by Crippen LogP contribution is 2.20. The molecule has 0 saturated heterocycles. The normalized spacial score (nSPS) is 10.9. The molecule has 4 aromatic rings. The number of anilines is 1. The fraction of sp³-hybridized carbons (Fsp3) is 0.167. The van der Waals surface area contributed by atoms with E-state index in [2.05, 4.69) is 10.3 Å². The van der Waals surface area contributed by atoms with Gasteiger partial charge in [-0.05, 0) is 73.9 Å². The first kappa shape index (κ1) is 18.7. The molecule has 2 aromatic heterocycles. The summed E-state index contributed by atoms with van der Waals surface area (Å²) in [5.74, 6) is 0.558. The number of aryl methyl sites for hydroxylation is 2. The first-order valence-electron chi connectivity index (χ1n) is 9.55. The van der Waals surface area contributed by atoms with Crippen molar-refractivity contribution in [3.8, 4) is 5.75 Å². The van der Waals surface area contributed by atoms with Gasteiger partial charge in [0.25, 0.3) is 5.91 Å². The van der Waals surface area contributed by atoms with Crippen molar-refractivity contribution in [3.63, 3.8) is 0 Å². The van der Waals surface area contributed by atoms with Crippen LogP contribution in [0.4, 0.5) is 5.69 Å². The number of nitrogens with one attached hydrogen (secondary N) is 1. The zero-order chi connectivity index (χ0) is 20.4. The Balaban J connectivity index is 1.41. The van der Waals surface area contributed by atoms with Crippen molar-refractivity contribution >= 4 is 17.2 Å². The zero-order valence-electron chi connectivity index (χ0n) is 16.8. The molecule has 5 heteroatoms. The van der Waals surface area contributed by atoms with Gasteiger partial charge in [-0.3, -0.25) is 4.79 Å². The molecule has 0 spiro atoms. The number of ether oxygens (including phenoxy) is 1. The molecule has 4 rings (SSSR count). The smallest absolute Gasteiger partial charge is 0.255 e. The molecule has 1 amide bonds. The molecule has 0 unspecified atom stereocenters. The van der Waals surface area contributed by atoms with E-state index in [0.717, 1.165) is 33.7 Å². The van der Waals surface area contributed by atoms with Crippen LogP contribution in [0.15, 0.2) is 67.0 Å². The Morgan fingerprint density at radius 2 is 1.76 bits per heavy atom. The molecule has 2 aromatic carbocycles. The number of amides is 1. The van der Waals surface area contributed by atoms with Gasteiger partial charge in [0.2, 0.25) is 0 Å². The Hall–Kier alpha value is -3.60. The van der Waals surface area contributed by atoms with Crippen LogP contribution in [0, 0.1) is 20.8 Å². The van der Waals surface area contributed by atoms with Crippen LogP contribution < -0.4 is 10.1 Å². The number of nitrogens with zero attached hydrogens (tertiary/aromatic N) is 2. The Morgan fingerprint density at radius 1 is 1.00 bits per heavy atom. The molecule has 0 atom stereocenters. The molecule has 0 bridgehead atoms. The fourth-order valence-electron chi connectivity index (χ4n) is 3.21. The van der Waals surface area contributed by atoms with Gasteiger partial charge in [0.1, 0.15) is 18.0 Å². The van der Waals surface area contributed by atoms with Crippen molar-refractivity contribution in [2.45, 2.75) is 27.4 Å². The van der Waals surface area contributed by atoms with Gasteiger partial charge in [-0.25, -0.2) is 4.98 Å². The lowest BCUT2D eigenvalue weighted by atomic mass is 10.1. The first-order valence-corrected chi connectivity index (χ1v) is 9.55. The molecule has 0 aliphatic carbocycles. The van der Waals surface area contributed by atoms with Gasteiger partial charge in [0.15, 0.2) is 0 Å². The van der Waals surface area contributed by atoms with Crippen LogP contribution in [-0.4, -0.2) is 15.3 Å². The molecule has 146 valence electrons. The Labute approximate surface area is 170 Å². The number of hydrogen-bond donors (Lipinski definition) is 1. The molecular weight excluding hydrogens is 362 g/mol. The number of rotatable bonds is 5. The van der Waals surface area contributed by atoms with Crippen LogP contribution in [0.5, 0.6) is 5.75 Å². The van der Waals surface area contributed by atoms with Crippen LogP contribution in [0.1, 0.15) is 32.7 Å². The van der Waals surface area contributed by atoms with Crippen molar-refractivity contribution in [2.75, 3.05) is 5.32 Å². The number of carbonyl (C=O) groups excluding carboxylic acids is 1. The van der Waals surface area contributed by atoms with E-state index < -0.39 is 0 Å². The number of hydrogen-bond acceptors (Lipinski definition) is 3. The topological polar surface area (TPSA) is 55.6 Å². The Bertz CT molecular complexity index is 1180. The second-order valence-corrected chi connectivity index (χ2v) is 7.17. The van der Waals surface area contributed by atoms with E-state index in [-0.39, 0.29) is 5.91 Å². The number of imidazole rings is 1. The first-order chi connectivity index (χ1) is 14.0. The third-order valence-corrected chi connectivity index (χ3v) is 5.08. The van der Waals surface area contributed by atoms with E-state index in [1.54, 1.807) is 24.3 Å². The standard InChI is InChI=1S/C24H23N3O2/c1-16-6-4-8-22(18(16)3)26-24(28)19-9-11-21(12-10-19)29-15-20-14-27-13-5-7-17(2)23(27)25-20/h4-14H,15H2,1-3H3,(H,26,28). The molecule has 1 N–H and O–H groups in total. The number of carbonyl (C=O) groups is 1. The summed E-state index contributed by atoms with van der Waals surface area (Å²) in [5, 5.41) is 2.97. The van der Waals surface area contributed by atoms with Gasteiger partial charge >= 0.3 is 0 Å². The van der Waals surface area contributed by atoms with Gasteiger partial charge in [-0.2, -0.15) is 0 Å². The predicted molar refractivity (Wildman–Crippen MR) is 115 cm³/mol. The van der Waals surface area contributed by atoms with E-state index in [0.29, 0.717) is 17.9 Å². The number of aromatic nitrogens is 2. The number of fused-ring (bicyclic) bond motifs is 1. The quantitative estimate of drug-likeness (QED) is 0.520. The molecule has 2 heterocycles. The van der Waals surface area contributed by atoms with Crippen LogP contribution in [-0.2, 0) is 6.61 Å². The predicted octanol–water partition coefficient (Wildman–Crippen LogP) is 5.09. The maximum absolute atomic E-state index is 12.5. The van der Waals surface area contributed by atoms with Crippen LogP contribution >= 0.6 is 0 Å². The number of pyridine rings is 1. The third-order valence-electron chi connectivity index (χ3n) is 5.08. The average molecular weight is 385 g/mol. The lowest BCUT2D eigenvalue weighted by Gasteiger charge is -2.11. The second-order valence-electron chi connectivity index (χ2n) is 7.17. The fourth-order valence-corrected chi connectivity index (χ4v) is 3.21. The van der Waals surface area contributed by atoms with Crippen molar-refractivity contribution in [1.29, 1.82) is 0 Å². The minimum Gasteiger partial charge on any atom is -0.487 e. The summed E-state index contributed by atoms with van der Waals surface area (Å²) in [6, 6.07) is 17.1. The largest absolute Gasteiger partial charge is 0.487 e. The third kappa shape index (κ3) is 3.99. The summed E-state index contributed by atoms with van der Waals surface area (Å²) in [6.07, 6.45) is 3.94. The van der Waals surface area contributed by atoms with Gasteiger partial charge < -0.3 is 14.5 Å². The van der Waals surface area contributed by atoms with E-state index >= 15 is 0 Å². The van der Waals surface area contributed by atoms with Gasteiger partial charge in [-0.15, -0.1) is 0 Å². The van der Waals surface area contributed by atoms with Crippen LogP contribution in [0.3, 0.4) is 0 Å². The van der Waals surface area contributed by atoms with E-state index in [1.165, 1.54) is 0 Å². The van der Waals surface area contributed by atoms with Crippen LogP contribution in [0.2, 0.25) is 0 Å². The lowest BCUT2D eigenvalue weighted by molar-refractivity contribution is 0.102. The minimum atomic E-state index is -0.138. The summed E-state index contributed by atoms with van der Waals surface area (Å²) in [5.41, 5.74) is 6.55. The number of benzene rings is 2. The van der Waals surface area contributed by atoms with Crippen molar-refractivity contribution in [3.05, 3.63) is 94.9 Å². The molecule has 29 heavy (non-hydrogen) atoms. The molecule has 0 radical (unpaired) electrons. The van der Waals surface area contributed by atoms with Crippen molar-refractivity contribution < 1.29 is 9.53 Å². The molecular formula is C24H23N3O2. The monoisotopic (exact) mass is 385 g/mol. The lowest BCUT2D eigenvalue weighted by Crippen LogP contribution is -2.13. The highest BCUT2D eigenvalue weighted by molar-refractivity contribution is 6.04. The highest BCUT2D eigenvalue weighted by Gasteiger charge is 2.09. The van der Waals surface area contributed by atoms with Crippen molar-refractivity contribution in [1.82, 2.24) is 9.38 Å². The average Bonchev–Trinajstić information content (AvgIpc) is 3.15. The maximum Gasteiger partial charge on any atom is 0.255 e. The van der Waals surface area contributed by atoms with E-state index in [4.69, 9.17) is 4.74 Å². The molecule has 0 aliphatic rings. The van der Waals surface area contributed by atoms with Gasteiger partial charge in [0, 0.05) is 23.6 Å². The summed E-state index contributed by atoms with van der Waals surface area (Å²) >= 11 is 0. The van der Waals surface area contributed by atoms with Crippen LogP contribution in [0.25, 0.3) is 5.65 Å².